The van der Waals surface area contributed by atoms with Gasteiger partial charge in [-0.25, -0.2) is 9.69 Å². The SMILES string of the molecule is CN1CCN(c2ccc3cncc(N4C(=O)NC5C=C(c6ccccc6Cl)SC5C4=O)c3c2)CC1. The number of aromatic nitrogens is 1. The van der Waals surface area contributed by atoms with Gasteiger partial charge < -0.3 is 15.1 Å². The topological polar surface area (TPSA) is 68.8 Å². The van der Waals surface area contributed by atoms with Gasteiger partial charge >= 0.3 is 6.03 Å². The van der Waals surface area contributed by atoms with Crippen LogP contribution in [0.25, 0.3) is 15.7 Å². The van der Waals surface area contributed by atoms with Gasteiger partial charge in [-0.3, -0.25) is 9.78 Å². The standard InChI is InChI=1S/C26H24ClN5O2S/c1-30-8-10-31(11-9-30)17-7-6-16-14-28-15-22(19(16)12-17)32-25(33)24-21(29-26(32)34)13-23(35-24)18-4-2-3-5-20(18)27/h2-7,12-15,21,24H,8-11H2,1H3,(H,29,34). The third-order valence-corrected chi connectivity index (χ3v) is 8.53. The molecule has 2 aromatic carbocycles. The minimum atomic E-state index is -0.463. The van der Waals surface area contributed by atoms with Crippen LogP contribution in [-0.2, 0) is 4.79 Å². The second kappa shape index (κ2) is 8.86. The Morgan fingerprint density at radius 3 is 2.66 bits per heavy atom. The number of anilines is 2. The van der Waals surface area contributed by atoms with Crippen LogP contribution in [0, 0.1) is 0 Å². The molecule has 1 aromatic heterocycles. The molecule has 3 aromatic rings. The number of carbonyl (C=O) groups excluding carboxylic acids is 2. The quantitative estimate of drug-likeness (QED) is 0.575. The average molecular weight is 506 g/mol. The van der Waals surface area contributed by atoms with Gasteiger partial charge in [0, 0.05) is 64.3 Å². The molecule has 35 heavy (non-hydrogen) atoms. The van der Waals surface area contributed by atoms with Gasteiger partial charge in [0.25, 0.3) is 5.91 Å². The number of urea groups is 1. The molecule has 0 aliphatic carbocycles. The number of thioether (sulfide) groups is 1. The Morgan fingerprint density at radius 2 is 1.86 bits per heavy atom. The van der Waals surface area contributed by atoms with E-state index in [2.05, 4.69) is 39.3 Å². The van der Waals surface area contributed by atoms with Crippen LogP contribution in [0.1, 0.15) is 5.56 Å². The third kappa shape index (κ3) is 3.95. The van der Waals surface area contributed by atoms with Crippen molar-refractivity contribution in [2.45, 2.75) is 11.3 Å². The maximum atomic E-state index is 13.7. The van der Waals surface area contributed by atoms with Gasteiger partial charge in [0.2, 0.25) is 0 Å². The zero-order valence-corrected chi connectivity index (χ0v) is 20.7. The fourth-order valence-electron chi connectivity index (χ4n) is 4.87. The van der Waals surface area contributed by atoms with E-state index in [1.54, 1.807) is 12.4 Å². The monoisotopic (exact) mass is 505 g/mol. The summed E-state index contributed by atoms with van der Waals surface area (Å²) >= 11 is 7.83. The van der Waals surface area contributed by atoms with E-state index in [1.165, 1.54) is 16.7 Å². The molecule has 2 unspecified atom stereocenters. The Bertz CT molecular complexity index is 1370. The van der Waals surface area contributed by atoms with Crippen molar-refractivity contribution in [2.24, 2.45) is 0 Å². The first-order chi connectivity index (χ1) is 17.0. The summed E-state index contributed by atoms with van der Waals surface area (Å²) in [7, 11) is 2.13. The molecule has 2 fully saturated rings. The number of carbonyl (C=O) groups is 2. The van der Waals surface area contributed by atoms with Gasteiger partial charge in [-0.1, -0.05) is 35.9 Å². The van der Waals surface area contributed by atoms with Crippen molar-refractivity contribution in [1.29, 1.82) is 0 Å². The van der Waals surface area contributed by atoms with Gasteiger partial charge in [-0.2, -0.15) is 0 Å². The molecule has 0 radical (unpaired) electrons. The van der Waals surface area contributed by atoms with Crippen molar-refractivity contribution in [1.82, 2.24) is 15.2 Å². The number of likely N-dealkylation sites (N-methyl/N-ethyl adjacent to an activating group) is 1. The lowest BCUT2D eigenvalue weighted by Crippen LogP contribution is -2.60. The Balaban J connectivity index is 1.33. The first-order valence-electron chi connectivity index (χ1n) is 11.6. The van der Waals surface area contributed by atoms with Crippen molar-refractivity contribution in [2.75, 3.05) is 43.0 Å². The highest BCUT2D eigenvalue weighted by Crippen LogP contribution is 2.44. The summed E-state index contributed by atoms with van der Waals surface area (Å²) in [5.74, 6) is -0.249. The van der Waals surface area contributed by atoms with Crippen molar-refractivity contribution >= 4 is 62.4 Å². The van der Waals surface area contributed by atoms with Crippen LogP contribution in [0.2, 0.25) is 5.02 Å². The van der Waals surface area contributed by atoms with E-state index in [-0.39, 0.29) is 11.9 Å². The van der Waals surface area contributed by atoms with Crippen LogP contribution in [0.3, 0.4) is 0 Å². The molecule has 3 amide bonds. The van der Waals surface area contributed by atoms with Crippen molar-refractivity contribution in [3.63, 3.8) is 0 Å². The number of piperazine rings is 1. The van der Waals surface area contributed by atoms with Crippen LogP contribution in [0.4, 0.5) is 16.2 Å². The number of pyridine rings is 1. The summed E-state index contributed by atoms with van der Waals surface area (Å²) in [6.07, 6.45) is 5.30. The Labute approximate surface area is 212 Å². The zero-order valence-electron chi connectivity index (χ0n) is 19.1. The summed E-state index contributed by atoms with van der Waals surface area (Å²) in [5.41, 5.74) is 2.45. The molecule has 178 valence electrons. The molecule has 2 saturated heterocycles. The Hall–Kier alpha value is -3.07. The van der Waals surface area contributed by atoms with Crippen LogP contribution in [0.15, 0.2) is 60.9 Å². The lowest BCUT2D eigenvalue weighted by atomic mass is 10.1. The summed E-state index contributed by atoms with van der Waals surface area (Å²) in [6, 6.07) is 12.9. The minimum Gasteiger partial charge on any atom is -0.369 e. The van der Waals surface area contributed by atoms with Gasteiger partial charge in [-0.15, -0.1) is 11.8 Å². The number of hydrogen-bond donors (Lipinski definition) is 1. The van der Waals surface area contributed by atoms with E-state index >= 15 is 0 Å². The smallest absolute Gasteiger partial charge is 0.329 e. The van der Waals surface area contributed by atoms with Gasteiger partial charge in [0.1, 0.15) is 5.25 Å². The van der Waals surface area contributed by atoms with Crippen molar-refractivity contribution in [3.8, 4) is 0 Å². The maximum Gasteiger partial charge on any atom is 0.329 e. The predicted octanol–water partition coefficient (Wildman–Crippen LogP) is 4.22. The number of nitrogens with one attached hydrogen (secondary N) is 1. The summed E-state index contributed by atoms with van der Waals surface area (Å²) < 4.78 is 0. The number of hydrogen-bond acceptors (Lipinski definition) is 6. The molecule has 9 heteroatoms. The fraction of sp³-hybridized carbons (Fsp3) is 0.269. The largest absolute Gasteiger partial charge is 0.369 e. The Kier molecular flexibility index (Phi) is 5.67. The van der Waals surface area contributed by atoms with Gasteiger partial charge in [0.05, 0.1) is 17.9 Å². The molecule has 7 nitrogen and oxygen atoms in total. The summed E-state index contributed by atoms with van der Waals surface area (Å²) in [5, 5.41) is 4.88. The van der Waals surface area contributed by atoms with Gasteiger partial charge in [-0.05, 0) is 31.3 Å². The van der Waals surface area contributed by atoms with Crippen LogP contribution in [0.5, 0.6) is 0 Å². The lowest BCUT2D eigenvalue weighted by Gasteiger charge is -2.35. The van der Waals surface area contributed by atoms with E-state index in [4.69, 9.17) is 11.6 Å². The highest BCUT2D eigenvalue weighted by atomic mass is 35.5. The molecular formula is C26H24ClN5O2S. The molecular weight excluding hydrogens is 482 g/mol. The number of fused-ring (bicyclic) bond motifs is 2. The van der Waals surface area contributed by atoms with E-state index in [0.29, 0.717) is 10.7 Å². The van der Waals surface area contributed by atoms with Gasteiger partial charge in [0.15, 0.2) is 0 Å². The number of benzene rings is 2. The van der Waals surface area contributed by atoms with Crippen LogP contribution in [-0.4, -0.2) is 66.3 Å². The van der Waals surface area contributed by atoms with Crippen molar-refractivity contribution in [3.05, 3.63) is 71.5 Å². The van der Waals surface area contributed by atoms with E-state index < -0.39 is 11.3 Å². The molecule has 4 heterocycles. The normalized spacial score (nSPS) is 22.9. The van der Waals surface area contributed by atoms with E-state index in [9.17, 15) is 9.59 Å². The maximum absolute atomic E-state index is 13.7. The second-order valence-electron chi connectivity index (χ2n) is 9.05. The number of amides is 3. The molecule has 3 aliphatic heterocycles. The predicted molar refractivity (Wildman–Crippen MR) is 142 cm³/mol. The lowest BCUT2D eigenvalue weighted by molar-refractivity contribution is -0.118. The fourth-order valence-corrected chi connectivity index (χ4v) is 6.47. The Morgan fingerprint density at radius 1 is 1.06 bits per heavy atom. The highest BCUT2D eigenvalue weighted by Gasteiger charge is 2.45. The number of imide groups is 1. The van der Waals surface area contributed by atoms with Crippen LogP contribution < -0.4 is 15.1 Å². The number of nitrogens with zero attached hydrogens (tertiary/aromatic N) is 4. The molecule has 3 aliphatic rings. The number of halogens is 1. The van der Waals surface area contributed by atoms with E-state index in [0.717, 1.165) is 53.1 Å². The molecule has 2 atom stereocenters. The van der Waals surface area contributed by atoms with Crippen LogP contribution >= 0.6 is 23.4 Å². The summed E-state index contributed by atoms with van der Waals surface area (Å²) in [4.78, 5) is 38.0. The second-order valence-corrected chi connectivity index (χ2v) is 10.6. The average Bonchev–Trinajstić information content (AvgIpc) is 3.28. The first kappa shape index (κ1) is 22.4. The molecule has 0 bridgehead atoms. The molecule has 0 saturated carbocycles. The van der Waals surface area contributed by atoms with Crippen molar-refractivity contribution < 1.29 is 9.59 Å². The molecule has 0 spiro atoms. The first-order valence-corrected chi connectivity index (χ1v) is 12.8. The summed E-state index contributed by atoms with van der Waals surface area (Å²) in [6.45, 7) is 3.86. The van der Waals surface area contributed by atoms with E-state index in [1.807, 2.05) is 36.4 Å². The zero-order chi connectivity index (χ0) is 24.1. The molecule has 1 N–H and O–H groups in total. The third-order valence-electron chi connectivity index (χ3n) is 6.84. The molecule has 6 rings (SSSR count). The highest BCUT2D eigenvalue weighted by molar-refractivity contribution is 8.09. The number of rotatable bonds is 3. The minimum absolute atomic E-state index is 0.249.